The molecule has 0 aliphatic rings. The number of alkyl carbamates (subject to hydrolysis) is 1. The van der Waals surface area contributed by atoms with Crippen molar-refractivity contribution in [2.24, 2.45) is 5.73 Å². The van der Waals surface area contributed by atoms with Gasteiger partial charge >= 0.3 is 12.1 Å². The molecule has 0 saturated carbocycles. The number of benzene rings is 2. The second-order valence-corrected chi connectivity index (χ2v) is 6.28. The van der Waals surface area contributed by atoms with Gasteiger partial charge in [-0.2, -0.15) is 0 Å². The number of nitrogens with one attached hydrogen (secondary N) is 3. The number of amides is 4. The first-order valence-electron chi connectivity index (χ1n) is 8.81. The summed E-state index contributed by atoms with van der Waals surface area (Å²) in [6.07, 6.45) is -0.102. The first-order valence-corrected chi connectivity index (χ1v) is 8.81. The summed E-state index contributed by atoms with van der Waals surface area (Å²) in [7, 11) is 0. The fourth-order valence-corrected chi connectivity index (χ4v) is 2.58. The third kappa shape index (κ3) is 7.77. The summed E-state index contributed by atoms with van der Waals surface area (Å²) < 4.78 is 5.05. The number of hydrogen-bond acceptors (Lipinski definition) is 4. The molecule has 148 valence electrons. The van der Waals surface area contributed by atoms with E-state index in [-0.39, 0.29) is 25.1 Å². The molecule has 8 heteroatoms. The maximum atomic E-state index is 12.0. The summed E-state index contributed by atoms with van der Waals surface area (Å²) in [6, 6.07) is 15.6. The normalized spacial score (nSPS) is 11.2. The molecular formula is C20H24N4O4. The van der Waals surface area contributed by atoms with Crippen molar-refractivity contribution in [1.82, 2.24) is 10.6 Å². The summed E-state index contributed by atoms with van der Waals surface area (Å²) in [4.78, 5) is 34.6. The number of carbonyl (C=O) groups excluding carboxylic acids is 3. The van der Waals surface area contributed by atoms with Gasteiger partial charge in [0.2, 0.25) is 5.91 Å². The molecule has 0 spiro atoms. The largest absolute Gasteiger partial charge is 0.445 e. The van der Waals surface area contributed by atoms with E-state index in [1.54, 1.807) is 18.2 Å². The van der Waals surface area contributed by atoms with Gasteiger partial charge in [0.15, 0.2) is 0 Å². The SMILES string of the molecule is CC(Cc1cccc(NC(N)=O)c1)NC(=O)CNC(=O)OCc1ccccc1. The molecule has 8 nitrogen and oxygen atoms in total. The van der Waals surface area contributed by atoms with Crippen LogP contribution in [0.2, 0.25) is 0 Å². The van der Waals surface area contributed by atoms with E-state index in [0.717, 1.165) is 11.1 Å². The molecule has 0 saturated heterocycles. The molecule has 0 bridgehead atoms. The van der Waals surface area contributed by atoms with Gasteiger partial charge in [-0.15, -0.1) is 0 Å². The lowest BCUT2D eigenvalue weighted by molar-refractivity contribution is -0.120. The van der Waals surface area contributed by atoms with Crippen molar-refractivity contribution in [3.63, 3.8) is 0 Å². The Morgan fingerprint density at radius 3 is 2.46 bits per heavy atom. The zero-order valence-corrected chi connectivity index (χ0v) is 15.6. The lowest BCUT2D eigenvalue weighted by atomic mass is 10.1. The van der Waals surface area contributed by atoms with Crippen LogP contribution in [-0.2, 0) is 22.6 Å². The summed E-state index contributed by atoms with van der Waals surface area (Å²) in [6.45, 7) is 1.81. The fraction of sp³-hybridized carbons (Fsp3) is 0.250. The zero-order valence-electron chi connectivity index (χ0n) is 15.6. The minimum absolute atomic E-state index is 0.139. The highest BCUT2D eigenvalue weighted by Crippen LogP contribution is 2.12. The molecule has 0 aliphatic heterocycles. The van der Waals surface area contributed by atoms with Gasteiger partial charge < -0.3 is 26.4 Å². The van der Waals surface area contributed by atoms with Gasteiger partial charge in [0, 0.05) is 11.7 Å². The van der Waals surface area contributed by atoms with Crippen molar-refractivity contribution in [2.45, 2.75) is 26.0 Å². The Morgan fingerprint density at radius 1 is 1.04 bits per heavy atom. The molecule has 0 aromatic heterocycles. The third-order valence-electron chi connectivity index (χ3n) is 3.75. The molecule has 0 fully saturated rings. The summed E-state index contributed by atoms with van der Waals surface area (Å²) in [5.41, 5.74) is 7.48. The van der Waals surface area contributed by atoms with Gasteiger partial charge in [-0.1, -0.05) is 42.5 Å². The average Bonchev–Trinajstić information content (AvgIpc) is 2.65. The Hall–Kier alpha value is -3.55. The predicted octanol–water partition coefficient (Wildman–Crippen LogP) is 2.15. The monoisotopic (exact) mass is 384 g/mol. The minimum atomic E-state index is -0.656. The van der Waals surface area contributed by atoms with Crippen LogP contribution in [0, 0.1) is 0 Å². The van der Waals surface area contributed by atoms with Gasteiger partial charge in [0.05, 0.1) is 0 Å². The summed E-state index contributed by atoms with van der Waals surface area (Å²) >= 11 is 0. The van der Waals surface area contributed by atoms with E-state index in [2.05, 4.69) is 16.0 Å². The van der Waals surface area contributed by atoms with Gasteiger partial charge in [0.1, 0.15) is 13.2 Å². The average molecular weight is 384 g/mol. The first-order chi connectivity index (χ1) is 13.4. The standard InChI is InChI=1S/C20H24N4O4/c1-14(10-16-8-5-9-17(11-16)24-19(21)26)23-18(25)12-22-20(27)28-13-15-6-3-2-4-7-15/h2-9,11,14H,10,12-13H2,1H3,(H,22,27)(H,23,25)(H3,21,24,26). The summed E-state index contributed by atoms with van der Waals surface area (Å²) in [5, 5.41) is 7.72. The molecule has 0 aliphatic carbocycles. The smallest absolute Gasteiger partial charge is 0.407 e. The van der Waals surface area contributed by atoms with Gasteiger partial charge in [-0.05, 0) is 36.6 Å². The molecule has 1 unspecified atom stereocenters. The Kier molecular flexibility index (Phi) is 7.83. The van der Waals surface area contributed by atoms with Crippen molar-refractivity contribution in [2.75, 3.05) is 11.9 Å². The highest BCUT2D eigenvalue weighted by molar-refractivity contribution is 5.87. The number of rotatable bonds is 8. The predicted molar refractivity (Wildman–Crippen MR) is 106 cm³/mol. The Bertz CT molecular complexity index is 811. The molecular weight excluding hydrogens is 360 g/mol. The lowest BCUT2D eigenvalue weighted by Crippen LogP contribution is -2.41. The topological polar surface area (TPSA) is 123 Å². The van der Waals surface area contributed by atoms with Crippen LogP contribution in [0.15, 0.2) is 54.6 Å². The Labute approximate surface area is 163 Å². The molecule has 0 radical (unpaired) electrons. The third-order valence-corrected chi connectivity index (χ3v) is 3.75. The highest BCUT2D eigenvalue weighted by atomic mass is 16.5. The molecule has 28 heavy (non-hydrogen) atoms. The van der Waals surface area contributed by atoms with E-state index in [1.165, 1.54) is 0 Å². The van der Waals surface area contributed by atoms with Crippen LogP contribution in [0.4, 0.5) is 15.3 Å². The Morgan fingerprint density at radius 2 is 1.75 bits per heavy atom. The molecule has 2 aromatic carbocycles. The van der Waals surface area contributed by atoms with Gasteiger partial charge in [0.25, 0.3) is 0 Å². The van der Waals surface area contributed by atoms with Crippen molar-refractivity contribution in [1.29, 1.82) is 0 Å². The van der Waals surface area contributed by atoms with Crippen molar-refractivity contribution in [3.8, 4) is 0 Å². The lowest BCUT2D eigenvalue weighted by Gasteiger charge is -2.15. The molecule has 2 aromatic rings. The molecule has 2 rings (SSSR count). The fourth-order valence-electron chi connectivity index (χ4n) is 2.58. The molecule has 4 amide bonds. The quantitative estimate of drug-likeness (QED) is 0.557. The second kappa shape index (κ2) is 10.6. The van der Waals surface area contributed by atoms with Crippen LogP contribution in [0.25, 0.3) is 0 Å². The van der Waals surface area contributed by atoms with Gasteiger partial charge in [-0.25, -0.2) is 9.59 Å². The Balaban J connectivity index is 1.70. The van der Waals surface area contributed by atoms with Crippen molar-refractivity contribution >= 4 is 23.7 Å². The molecule has 5 N–H and O–H groups in total. The maximum Gasteiger partial charge on any atom is 0.407 e. The van der Waals surface area contributed by atoms with E-state index in [0.29, 0.717) is 12.1 Å². The van der Waals surface area contributed by atoms with Crippen LogP contribution in [0.1, 0.15) is 18.1 Å². The van der Waals surface area contributed by atoms with E-state index < -0.39 is 12.1 Å². The van der Waals surface area contributed by atoms with E-state index >= 15 is 0 Å². The van der Waals surface area contributed by atoms with E-state index in [1.807, 2.05) is 43.3 Å². The molecule has 0 heterocycles. The number of anilines is 1. The van der Waals surface area contributed by atoms with Gasteiger partial charge in [-0.3, -0.25) is 4.79 Å². The van der Waals surface area contributed by atoms with Crippen LogP contribution in [0.5, 0.6) is 0 Å². The van der Waals surface area contributed by atoms with Crippen LogP contribution >= 0.6 is 0 Å². The van der Waals surface area contributed by atoms with E-state index in [9.17, 15) is 14.4 Å². The maximum absolute atomic E-state index is 12.0. The van der Waals surface area contributed by atoms with E-state index in [4.69, 9.17) is 10.5 Å². The number of carbonyl (C=O) groups is 3. The number of ether oxygens (including phenoxy) is 1. The van der Waals surface area contributed by atoms with Crippen LogP contribution < -0.4 is 21.7 Å². The number of primary amides is 1. The second-order valence-electron chi connectivity index (χ2n) is 6.28. The van der Waals surface area contributed by atoms with Crippen molar-refractivity contribution in [3.05, 3.63) is 65.7 Å². The highest BCUT2D eigenvalue weighted by Gasteiger charge is 2.11. The van der Waals surface area contributed by atoms with Crippen LogP contribution in [0.3, 0.4) is 0 Å². The van der Waals surface area contributed by atoms with Crippen LogP contribution in [-0.4, -0.2) is 30.6 Å². The zero-order chi connectivity index (χ0) is 20.4. The first kappa shape index (κ1) is 20.8. The molecule has 1 atom stereocenters. The summed E-state index contributed by atoms with van der Waals surface area (Å²) in [5.74, 6) is -0.324. The minimum Gasteiger partial charge on any atom is -0.445 e. The van der Waals surface area contributed by atoms with Crippen molar-refractivity contribution < 1.29 is 19.1 Å². The number of nitrogens with two attached hydrogens (primary N) is 1. The number of hydrogen-bond donors (Lipinski definition) is 4. The number of urea groups is 1.